The van der Waals surface area contributed by atoms with Gasteiger partial charge >= 0.3 is 0 Å². The van der Waals surface area contributed by atoms with Crippen molar-refractivity contribution in [1.82, 2.24) is 5.32 Å². The summed E-state index contributed by atoms with van der Waals surface area (Å²) in [5.74, 6) is 0.837. The third-order valence-corrected chi connectivity index (χ3v) is 3.82. The van der Waals surface area contributed by atoms with Crippen molar-refractivity contribution < 1.29 is 9.13 Å². The molecule has 2 nitrogen and oxygen atoms in total. The van der Waals surface area contributed by atoms with E-state index in [0.717, 1.165) is 5.56 Å². The highest BCUT2D eigenvalue weighted by molar-refractivity contribution is 9.10. The summed E-state index contributed by atoms with van der Waals surface area (Å²) < 4.78 is 19.3. The molecule has 1 N–H and O–H groups in total. The van der Waals surface area contributed by atoms with Crippen LogP contribution < -0.4 is 10.1 Å². The van der Waals surface area contributed by atoms with Crippen LogP contribution in [0.3, 0.4) is 0 Å². The smallest absolute Gasteiger partial charge is 0.141 e. The van der Waals surface area contributed by atoms with Crippen molar-refractivity contribution in [2.24, 2.45) is 0 Å². The maximum absolute atomic E-state index is 13.0. The fourth-order valence-electron chi connectivity index (χ4n) is 1.73. The first-order valence-electron chi connectivity index (χ1n) is 6.60. The molecule has 0 saturated heterocycles. The van der Waals surface area contributed by atoms with Crippen molar-refractivity contribution in [3.8, 4) is 11.5 Å². The summed E-state index contributed by atoms with van der Waals surface area (Å²) in [6, 6.07) is 10.2. The summed E-state index contributed by atoms with van der Waals surface area (Å²) in [5.41, 5.74) is 1.01. The molecule has 0 radical (unpaired) electrons. The van der Waals surface area contributed by atoms with E-state index >= 15 is 0 Å². The second-order valence-electron chi connectivity index (χ2n) is 4.97. The van der Waals surface area contributed by atoms with Crippen LogP contribution in [0.15, 0.2) is 40.9 Å². The van der Waals surface area contributed by atoms with Crippen LogP contribution in [-0.2, 0) is 6.54 Å². The van der Waals surface area contributed by atoms with Crippen molar-refractivity contribution in [3.05, 3.63) is 57.3 Å². The van der Waals surface area contributed by atoms with E-state index in [9.17, 15) is 4.39 Å². The van der Waals surface area contributed by atoms with Crippen LogP contribution in [0.25, 0.3) is 0 Å². The van der Waals surface area contributed by atoms with Gasteiger partial charge in [0.05, 0.1) is 4.47 Å². The molecule has 2 aromatic rings. The number of nitrogens with one attached hydrogen (secondary N) is 1. The summed E-state index contributed by atoms with van der Waals surface area (Å²) in [5, 5.41) is 3.95. The molecule has 0 unspecified atom stereocenters. The minimum atomic E-state index is -0.317. The number of hydrogen-bond acceptors (Lipinski definition) is 2. The summed E-state index contributed by atoms with van der Waals surface area (Å²) in [4.78, 5) is 0. The van der Waals surface area contributed by atoms with Crippen LogP contribution in [-0.4, -0.2) is 6.04 Å². The van der Waals surface area contributed by atoms with Gasteiger partial charge in [-0.15, -0.1) is 0 Å². The molecule has 0 aliphatic heterocycles. The van der Waals surface area contributed by atoms with Crippen molar-refractivity contribution in [2.45, 2.75) is 26.4 Å². The molecule has 0 heterocycles. The van der Waals surface area contributed by atoms with E-state index < -0.39 is 0 Å². The largest absolute Gasteiger partial charge is 0.456 e. The van der Waals surface area contributed by atoms with Gasteiger partial charge in [-0.05, 0) is 51.8 Å². The van der Waals surface area contributed by atoms with Gasteiger partial charge in [0.1, 0.15) is 17.3 Å². The molecule has 112 valence electrons. The van der Waals surface area contributed by atoms with Gasteiger partial charge in [-0.1, -0.05) is 31.5 Å². The Morgan fingerprint density at radius 2 is 2.00 bits per heavy atom. The fourth-order valence-corrected chi connectivity index (χ4v) is 2.40. The van der Waals surface area contributed by atoms with Crippen molar-refractivity contribution in [3.63, 3.8) is 0 Å². The summed E-state index contributed by atoms with van der Waals surface area (Å²) in [6.45, 7) is 4.87. The van der Waals surface area contributed by atoms with Crippen molar-refractivity contribution in [2.75, 3.05) is 0 Å². The first-order chi connectivity index (χ1) is 9.95. The first-order valence-corrected chi connectivity index (χ1v) is 7.77. The minimum absolute atomic E-state index is 0.317. The first kappa shape index (κ1) is 16.3. The van der Waals surface area contributed by atoms with Crippen molar-refractivity contribution >= 4 is 27.5 Å². The predicted octanol–water partition coefficient (Wildman–Crippen LogP) is 5.53. The lowest BCUT2D eigenvalue weighted by molar-refractivity contribution is 0.477. The molecule has 0 aliphatic rings. The quantitative estimate of drug-likeness (QED) is 0.745. The van der Waals surface area contributed by atoms with Crippen molar-refractivity contribution in [1.29, 1.82) is 0 Å². The highest BCUT2D eigenvalue weighted by Gasteiger charge is 2.07. The molecule has 0 spiro atoms. The number of halogens is 3. The Labute approximate surface area is 137 Å². The van der Waals surface area contributed by atoms with E-state index in [1.54, 1.807) is 12.1 Å². The maximum atomic E-state index is 13.0. The molecule has 0 bridgehead atoms. The Bertz CT molecular complexity index is 634. The zero-order valence-corrected chi connectivity index (χ0v) is 14.1. The van der Waals surface area contributed by atoms with E-state index in [2.05, 4.69) is 35.1 Å². The van der Waals surface area contributed by atoms with E-state index in [1.165, 1.54) is 12.1 Å². The van der Waals surface area contributed by atoms with Gasteiger partial charge in [0.15, 0.2) is 0 Å². The van der Waals surface area contributed by atoms with E-state index in [4.69, 9.17) is 16.3 Å². The van der Waals surface area contributed by atoms with Crippen LogP contribution in [0, 0.1) is 5.82 Å². The third kappa shape index (κ3) is 4.70. The minimum Gasteiger partial charge on any atom is -0.456 e. The standard InChI is InChI=1S/C16H16BrClFNO/c1-10(2)20-9-11-3-5-13(8-15(11)18)21-16-6-4-12(19)7-14(16)17/h3-8,10,20H,9H2,1-2H3. The zero-order chi connectivity index (χ0) is 15.4. The average Bonchev–Trinajstić information content (AvgIpc) is 2.41. The Morgan fingerprint density at radius 3 is 2.62 bits per heavy atom. The molecule has 0 aliphatic carbocycles. The molecule has 0 saturated carbocycles. The van der Waals surface area contributed by atoms with Crippen LogP contribution >= 0.6 is 27.5 Å². The van der Waals surface area contributed by atoms with Crippen LogP contribution in [0.4, 0.5) is 4.39 Å². The average molecular weight is 373 g/mol. The van der Waals surface area contributed by atoms with Gasteiger partial charge < -0.3 is 10.1 Å². The number of rotatable bonds is 5. The molecular formula is C16H16BrClFNO. The SMILES string of the molecule is CC(C)NCc1ccc(Oc2ccc(F)cc2Br)cc1Cl. The number of ether oxygens (including phenoxy) is 1. The van der Waals surface area contributed by atoms with Gasteiger partial charge in [-0.3, -0.25) is 0 Å². The normalized spacial score (nSPS) is 11.0. The highest BCUT2D eigenvalue weighted by atomic mass is 79.9. The van der Waals surface area contributed by atoms with Gasteiger partial charge in [-0.2, -0.15) is 0 Å². The number of hydrogen-bond donors (Lipinski definition) is 1. The topological polar surface area (TPSA) is 21.3 Å². The summed E-state index contributed by atoms with van der Waals surface area (Å²) in [7, 11) is 0. The summed E-state index contributed by atoms with van der Waals surface area (Å²) >= 11 is 9.52. The molecule has 2 rings (SSSR count). The molecule has 2 aromatic carbocycles. The molecule has 0 amide bonds. The lowest BCUT2D eigenvalue weighted by Crippen LogP contribution is -2.21. The molecule has 5 heteroatoms. The van der Waals surface area contributed by atoms with Gasteiger partial charge in [-0.25, -0.2) is 4.39 Å². The van der Waals surface area contributed by atoms with E-state index in [-0.39, 0.29) is 5.82 Å². The van der Waals surface area contributed by atoms with Gasteiger partial charge in [0.2, 0.25) is 0 Å². The number of benzene rings is 2. The zero-order valence-electron chi connectivity index (χ0n) is 11.8. The highest BCUT2D eigenvalue weighted by Crippen LogP contribution is 2.32. The Kier molecular flexibility index (Phi) is 5.62. The molecular weight excluding hydrogens is 357 g/mol. The lowest BCUT2D eigenvalue weighted by Gasteiger charge is -2.12. The molecule has 0 atom stereocenters. The van der Waals surface area contributed by atoms with E-state index in [0.29, 0.717) is 33.6 Å². The van der Waals surface area contributed by atoms with E-state index in [1.807, 2.05) is 12.1 Å². The molecule has 21 heavy (non-hydrogen) atoms. The predicted molar refractivity (Wildman–Crippen MR) is 87.6 cm³/mol. The second-order valence-corrected chi connectivity index (χ2v) is 6.23. The van der Waals surface area contributed by atoms with Gasteiger partial charge in [0, 0.05) is 17.6 Å². The van der Waals surface area contributed by atoms with Gasteiger partial charge in [0.25, 0.3) is 0 Å². The lowest BCUT2D eigenvalue weighted by atomic mass is 10.2. The Hall–Kier alpha value is -1.10. The Morgan fingerprint density at radius 1 is 1.24 bits per heavy atom. The summed E-state index contributed by atoms with van der Waals surface area (Å²) in [6.07, 6.45) is 0. The van der Waals surface area contributed by atoms with Crippen LogP contribution in [0.2, 0.25) is 5.02 Å². The second kappa shape index (κ2) is 7.25. The molecule has 0 aromatic heterocycles. The third-order valence-electron chi connectivity index (χ3n) is 2.85. The Balaban J connectivity index is 2.12. The fraction of sp³-hybridized carbons (Fsp3) is 0.250. The van der Waals surface area contributed by atoms with Crippen LogP contribution in [0.1, 0.15) is 19.4 Å². The monoisotopic (exact) mass is 371 g/mol. The molecule has 0 fully saturated rings. The van der Waals surface area contributed by atoms with Crippen LogP contribution in [0.5, 0.6) is 11.5 Å². The maximum Gasteiger partial charge on any atom is 0.141 e.